The Morgan fingerprint density at radius 2 is 1.81 bits per heavy atom. The number of hydrogen-bond donors (Lipinski definition) is 1. The Balaban J connectivity index is 1.90. The van der Waals surface area contributed by atoms with Gasteiger partial charge in [-0.1, -0.05) is 41.5 Å². The first-order valence-corrected chi connectivity index (χ1v) is 8.07. The number of thiazole rings is 1. The Kier molecular flexibility index (Phi) is 4.04. The van der Waals surface area contributed by atoms with E-state index in [2.05, 4.69) is 55.6 Å². The van der Waals surface area contributed by atoms with Crippen LogP contribution in [0.15, 0.2) is 42.5 Å². The first kappa shape index (κ1) is 14.2. The average molecular weight is 296 g/mol. The molecule has 0 spiro atoms. The monoisotopic (exact) mass is 296 g/mol. The van der Waals surface area contributed by atoms with E-state index in [1.807, 2.05) is 13.1 Å². The summed E-state index contributed by atoms with van der Waals surface area (Å²) in [6.45, 7) is 4.31. The highest BCUT2D eigenvalue weighted by atomic mass is 32.1. The minimum Gasteiger partial charge on any atom is -0.311 e. The van der Waals surface area contributed by atoms with Gasteiger partial charge in [-0.15, -0.1) is 11.3 Å². The molecule has 0 saturated carbocycles. The van der Waals surface area contributed by atoms with Crippen LogP contribution in [-0.2, 0) is 6.42 Å². The average Bonchev–Trinajstić information content (AvgIpc) is 2.87. The fourth-order valence-corrected chi connectivity index (χ4v) is 3.85. The summed E-state index contributed by atoms with van der Waals surface area (Å²) < 4.78 is 1.26. The van der Waals surface area contributed by atoms with Crippen molar-refractivity contribution in [1.82, 2.24) is 10.3 Å². The minimum absolute atomic E-state index is 0.267. The van der Waals surface area contributed by atoms with E-state index in [1.54, 1.807) is 11.3 Å². The molecule has 0 aliphatic carbocycles. The van der Waals surface area contributed by atoms with E-state index in [0.717, 1.165) is 16.9 Å². The smallest absolute Gasteiger partial charge is 0.111 e. The normalized spacial score (nSPS) is 12.7. The van der Waals surface area contributed by atoms with Gasteiger partial charge in [0.05, 0.1) is 16.3 Å². The zero-order chi connectivity index (χ0) is 14.8. The van der Waals surface area contributed by atoms with E-state index in [4.69, 9.17) is 4.98 Å². The molecule has 1 heterocycles. The SMILES string of the molecule is CNC(Cc1cc(C)cc(C)c1)c1nc2ccccc2s1. The molecule has 0 amide bonds. The second kappa shape index (κ2) is 5.96. The van der Waals surface area contributed by atoms with Crippen LogP contribution in [0.2, 0.25) is 0 Å². The highest BCUT2D eigenvalue weighted by Gasteiger charge is 2.15. The molecule has 0 saturated heterocycles. The molecule has 0 fully saturated rings. The molecule has 21 heavy (non-hydrogen) atoms. The largest absolute Gasteiger partial charge is 0.311 e. The molecule has 1 aromatic heterocycles. The van der Waals surface area contributed by atoms with Crippen molar-refractivity contribution in [3.05, 3.63) is 64.2 Å². The summed E-state index contributed by atoms with van der Waals surface area (Å²) in [6, 6.07) is 15.4. The van der Waals surface area contributed by atoms with E-state index in [9.17, 15) is 0 Å². The van der Waals surface area contributed by atoms with Gasteiger partial charge in [-0.2, -0.15) is 0 Å². The lowest BCUT2D eigenvalue weighted by atomic mass is 10.0. The van der Waals surface area contributed by atoms with Crippen LogP contribution in [0.1, 0.15) is 27.7 Å². The molecule has 0 aliphatic heterocycles. The van der Waals surface area contributed by atoms with Gasteiger partial charge in [0.1, 0.15) is 5.01 Å². The zero-order valence-corrected chi connectivity index (χ0v) is 13.5. The van der Waals surface area contributed by atoms with Gasteiger partial charge >= 0.3 is 0 Å². The van der Waals surface area contributed by atoms with E-state index in [-0.39, 0.29) is 6.04 Å². The predicted octanol–water partition coefficient (Wildman–Crippen LogP) is 4.42. The number of fused-ring (bicyclic) bond motifs is 1. The van der Waals surface area contributed by atoms with Crippen molar-refractivity contribution in [2.75, 3.05) is 7.05 Å². The Morgan fingerprint density at radius 3 is 2.48 bits per heavy atom. The fraction of sp³-hybridized carbons (Fsp3) is 0.278. The summed E-state index contributed by atoms with van der Waals surface area (Å²) in [5.74, 6) is 0. The summed E-state index contributed by atoms with van der Waals surface area (Å²) in [4.78, 5) is 4.78. The number of nitrogens with one attached hydrogen (secondary N) is 1. The molecule has 3 aromatic rings. The van der Waals surface area contributed by atoms with Crippen molar-refractivity contribution in [2.24, 2.45) is 0 Å². The number of para-hydroxylation sites is 1. The molecule has 3 rings (SSSR count). The lowest BCUT2D eigenvalue weighted by molar-refractivity contribution is 0.589. The molecule has 1 N–H and O–H groups in total. The van der Waals surface area contributed by atoms with Crippen LogP contribution in [-0.4, -0.2) is 12.0 Å². The minimum atomic E-state index is 0.267. The van der Waals surface area contributed by atoms with Crippen LogP contribution in [0.25, 0.3) is 10.2 Å². The van der Waals surface area contributed by atoms with Crippen LogP contribution in [0.3, 0.4) is 0 Å². The number of hydrogen-bond acceptors (Lipinski definition) is 3. The molecule has 1 unspecified atom stereocenters. The van der Waals surface area contributed by atoms with Crippen LogP contribution in [0.4, 0.5) is 0 Å². The quantitative estimate of drug-likeness (QED) is 0.771. The predicted molar refractivity (Wildman–Crippen MR) is 91.0 cm³/mol. The van der Waals surface area contributed by atoms with Crippen molar-refractivity contribution < 1.29 is 0 Å². The number of likely N-dealkylation sites (N-methyl/N-ethyl adjacent to an activating group) is 1. The van der Waals surface area contributed by atoms with Crippen molar-refractivity contribution in [2.45, 2.75) is 26.3 Å². The van der Waals surface area contributed by atoms with Gasteiger partial charge in [-0.05, 0) is 45.0 Å². The summed E-state index contributed by atoms with van der Waals surface area (Å²) in [5, 5.41) is 4.58. The first-order chi connectivity index (χ1) is 10.2. The highest BCUT2D eigenvalue weighted by molar-refractivity contribution is 7.18. The number of benzene rings is 2. The molecule has 108 valence electrons. The van der Waals surface area contributed by atoms with Crippen molar-refractivity contribution >= 4 is 21.6 Å². The standard InChI is InChI=1S/C18H20N2S/c1-12-8-13(2)10-14(9-12)11-16(19-3)18-20-15-6-4-5-7-17(15)21-18/h4-10,16,19H,11H2,1-3H3. The Hall–Kier alpha value is -1.71. The zero-order valence-electron chi connectivity index (χ0n) is 12.7. The van der Waals surface area contributed by atoms with Crippen molar-refractivity contribution in [3.8, 4) is 0 Å². The number of nitrogens with zero attached hydrogens (tertiary/aromatic N) is 1. The molecule has 3 heteroatoms. The summed E-state index contributed by atoms with van der Waals surface area (Å²) >= 11 is 1.78. The van der Waals surface area contributed by atoms with E-state index in [0.29, 0.717) is 0 Å². The van der Waals surface area contributed by atoms with E-state index < -0.39 is 0 Å². The molecular formula is C18H20N2S. The van der Waals surface area contributed by atoms with Gasteiger partial charge in [0, 0.05) is 0 Å². The second-order valence-electron chi connectivity index (χ2n) is 5.56. The maximum absolute atomic E-state index is 4.78. The maximum Gasteiger partial charge on any atom is 0.111 e. The lowest BCUT2D eigenvalue weighted by Crippen LogP contribution is -2.18. The lowest BCUT2D eigenvalue weighted by Gasteiger charge is -2.14. The van der Waals surface area contributed by atoms with Gasteiger partial charge in [0.2, 0.25) is 0 Å². The molecule has 1 atom stereocenters. The van der Waals surface area contributed by atoms with Gasteiger partial charge in [-0.3, -0.25) is 0 Å². The van der Waals surface area contributed by atoms with Crippen LogP contribution in [0, 0.1) is 13.8 Å². The Morgan fingerprint density at radius 1 is 1.10 bits per heavy atom. The van der Waals surface area contributed by atoms with Crippen LogP contribution < -0.4 is 5.32 Å². The molecule has 0 radical (unpaired) electrons. The second-order valence-corrected chi connectivity index (χ2v) is 6.62. The van der Waals surface area contributed by atoms with Crippen molar-refractivity contribution in [1.29, 1.82) is 0 Å². The summed E-state index contributed by atoms with van der Waals surface area (Å²) in [6.07, 6.45) is 0.971. The summed E-state index contributed by atoms with van der Waals surface area (Å²) in [7, 11) is 2.01. The third kappa shape index (κ3) is 3.14. The van der Waals surface area contributed by atoms with Crippen LogP contribution in [0.5, 0.6) is 0 Å². The van der Waals surface area contributed by atoms with Crippen LogP contribution >= 0.6 is 11.3 Å². The van der Waals surface area contributed by atoms with E-state index >= 15 is 0 Å². The molecule has 2 aromatic carbocycles. The Labute approximate surface area is 129 Å². The molecule has 2 nitrogen and oxygen atoms in total. The fourth-order valence-electron chi connectivity index (χ4n) is 2.77. The molecule has 0 aliphatic rings. The third-order valence-electron chi connectivity index (χ3n) is 3.68. The number of aryl methyl sites for hydroxylation is 2. The van der Waals surface area contributed by atoms with Gasteiger partial charge in [0.25, 0.3) is 0 Å². The Bertz CT molecular complexity index is 708. The van der Waals surface area contributed by atoms with E-state index in [1.165, 1.54) is 21.4 Å². The first-order valence-electron chi connectivity index (χ1n) is 7.25. The third-order valence-corrected chi connectivity index (χ3v) is 4.83. The topological polar surface area (TPSA) is 24.9 Å². The van der Waals surface area contributed by atoms with Crippen molar-refractivity contribution in [3.63, 3.8) is 0 Å². The molecule has 0 bridgehead atoms. The van der Waals surface area contributed by atoms with Gasteiger partial charge < -0.3 is 5.32 Å². The number of aromatic nitrogens is 1. The maximum atomic E-state index is 4.78. The van der Waals surface area contributed by atoms with Gasteiger partial charge in [-0.25, -0.2) is 4.98 Å². The highest BCUT2D eigenvalue weighted by Crippen LogP contribution is 2.28. The van der Waals surface area contributed by atoms with Gasteiger partial charge in [0.15, 0.2) is 0 Å². The summed E-state index contributed by atoms with van der Waals surface area (Å²) in [5.41, 5.74) is 5.11. The number of rotatable bonds is 4. The molecular weight excluding hydrogens is 276 g/mol.